The Bertz CT molecular complexity index is 759. The standard InChI is InChI=1S/C21H25NO4/c1-16-4-3-5-19(12-16)26-15-21(24)10-11-22(14-21)20(23)18-8-6-17(7-9-18)13-25-2/h3-9,12,24H,10-11,13-15H2,1-2H3/t21-/m0/s1. The molecule has 0 unspecified atom stereocenters. The third kappa shape index (κ3) is 4.42. The van der Waals surface area contributed by atoms with Gasteiger partial charge in [-0.3, -0.25) is 4.79 Å². The van der Waals surface area contributed by atoms with Crippen LogP contribution in [0.4, 0.5) is 0 Å². The average molecular weight is 355 g/mol. The summed E-state index contributed by atoms with van der Waals surface area (Å²) in [4.78, 5) is 14.4. The largest absolute Gasteiger partial charge is 0.491 e. The van der Waals surface area contributed by atoms with Crippen molar-refractivity contribution in [3.05, 3.63) is 65.2 Å². The maximum atomic E-state index is 12.7. The second kappa shape index (κ2) is 7.89. The first-order valence-corrected chi connectivity index (χ1v) is 8.78. The SMILES string of the molecule is COCc1ccc(C(=O)N2CC[C@@](O)(COc3cccc(C)c3)C2)cc1. The number of methoxy groups -OCH3 is 1. The Kier molecular flexibility index (Phi) is 5.59. The second-order valence-corrected chi connectivity index (χ2v) is 6.94. The van der Waals surface area contributed by atoms with Crippen LogP contribution in [0.5, 0.6) is 5.75 Å². The Morgan fingerprint density at radius 1 is 1.23 bits per heavy atom. The van der Waals surface area contributed by atoms with Crippen LogP contribution in [-0.4, -0.2) is 48.3 Å². The third-order valence-electron chi connectivity index (χ3n) is 4.63. The van der Waals surface area contributed by atoms with Gasteiger partial charge in [0.15, 0.2) is 0 Å². The lowest BCUT2D eigenvalue weighted by molar-refractivity contribution is 0.00429. The van der Waals surface area contributed by atoms with Gasteiger partial charge in [0.25, 0.3) is 5.91 Å². The number of aliphatic hydroxyl groups is 1. The van der Waals surface area contributed by atoms with Crippen molar-refractivity contribution < 1.29 is 19.4 Å². The fraction of sp³-hybridized carbons (Fsp3) is 0.381. The zero-order chi connectivity index (χ0) is 18.6. The van der Waals surface area contributed by atoms with Gasteiger partial charge in [-0.1, -0.05) is 24.3 Å². The summed E-state index contributed by atoms with van der Waals surface area (Å²) in [5.74, 6) is 0.664. The summed E-state index contributed by atoms with van der Waals surface area (Å²) in [6.45, 7) is 3.49. The number of benzene rings is 2. The van der Waals surface area contributed by atoms with E-state index in [9.17, 15) is 9.90 Å². The van der Waals surface area contributed by atoms with E-state index in [0.717, 1.165) is 16.9 Å². The van der Waals surface area contributed by atoms with Gasteiger partial charge in [-0.15, -0.1) is 0 Å². The smallest absolute Gasteiger partial charge is 0.253 e. The molecule has 26 heavy (non-hydrogen) atoms. The molecular weight excluding hydrogens is 330 g/mol. The molecule has 5 nitrogen and oxygen atoms in total. The van der Waals surface area contributed by atoms with Crippen molar-refractivity contribution in [2.45, 2.75) is 25.6 Å². The fourth-order valence-electron chi connectivity index (χ4n) is 3.16. The molecule has 1 amide bonds. The number of aryl methyl sites for hydroxylation is 1. The monoisotopic (exact) mass is 355 g/mol. The van der Waals surface area contributed by atoms with E-state index in [-0.39, 0.29) is 19.1 Å². The van der Waals surface area contributed by atoms with Crippen molar-refractivity contribution in [3.63, 3.8) is 0 Å². The topological polar surface area (TPSA) is 59.0 Å². The molecular formula is C21H25NO4. The number of ether oxygens (including phenoxy) is 2. The van der Waals surface area contributed by atoms with Crippen LogP contribution in [0.2, 0.25) is 0 Å². The first kappa shape index (κ1) is 18.4. The molecule has 1 fully saturated rings. The molecule has 1 atom stereocenters. The van der Waals surface area contributed by atoms with Crippen LogP contribution in [0.25, 0.3) is 0 Å². The molecule has 3 rings (SSSR count). The average Bonchev–Trinajstić information content (AvgIpc) is 3.03. The van der Waals surface area contributed by atoms with Gasteiger partial charge in [0.2, 0.25) is 0 Å². The highest BCUT2D eigenvalue weighted by Crippen LogP contribution is 2.25. The van der Waals surface area contributed by atoms with Gasteiger partial charge in [-0.25, -0.2) is 0 Å². The molecule has 1 saturated heterocycles. The summed E-state index contributed by atoms with van der Waals surface area (Å²) in [6, 6.07) is 15.1. The third-order valence-corrected chi connectivity index (χ3v) is 4.63. The van der Waals surface area contributed by atoms with Gasteiger partial charge in [0.1, 0.15) is 18.0 Å². The molecule has 0 aliphatic carbocycles. The Balaban J connectivity index is 1.58. The number of carbonyl (C=O) groups excluding carboxylic acids is 1. The minimum Gasteiger partial charge on any atom is -0.491 e. The molecule has 0 bridgehead atoms. The van der Waals surface area contributed by atoms with Crippen LogP contribution in [0.15, 0.2) is 48.5 Å². The maximum Gasteiger partial charge on any atom is 0.253 e. The zero-order valence-corrected chi connectivity index (χ0v) is 15.3. The van der Waals surface area contributed by atoms with Crippen molar-refractivity contribution in [1.29, 1.82) is 0 Å². The molecule has 138 valence electrons. The van der Waals surface area contributed by atoms with Crippen molar-refractivity contribution >= 4 is 5.91 Å². The Morgan fingerprint density at radius 3 is 2.69 bits per heavy atom. The van der Waals surface area contributed by atoms with Gasteiger partial charge in [-0.05, 0) is 48.7 Å². The molecule has 0 radical (unpaired) electrons. The van der Waals surface area contributed by atoms with Crippen LogP contribution < -0.4 is 4.74 Å². The number of rotatable bonds is 6. The molecule has 0 spiro atoms. The van der Waals surface area contributed by atoms with Crippen LogP contribution >= 0.6 is 0 Å². The first-order valence-electron chi connectivity index (χ1n) is 8.78. The summed E-state index contributed by atoms with van der Waals surface area (Å²) >= 11 is 0. The number of likely N-dealkylation sites (tertiary alicyclic amines) is 1. The van der Waals surface area contributed by atoms with E-state index < -0.39 is 5.60 Å². The van der Waals surface area contributed by atoms with Crippen LogP contribution in [0, 0.1) is 6.92 Å². The molecule has 1 aliphatic rings. The molecule has 1 heterocycles. The molecule has 1 N–H and O–H groups in total. The quantitative estimate of drug-likeness (QED) is 0.866. The van der Waals surface area contributed by atoms with E-state index in [1.54, 1.807) is 24.1 Å². The number of nitrogens with zero attached hydrogens (tertiary/aromatic N) is 1. The van der Waals surface area contributed by atoms with E-state index in [2.05, 4.69) is 0 Å². The van der Waals surface area contributed by atoms with Gasteiger partial charge in [-0.2, -0.15) is 0 Å². The predicted octanol–water partition coefficient (Wildman–Crippen LogP) is 2.80. The highest BCUT2D eigenvalue weighted by Gasteiger charge is 2.39. The summed E-state index contributed by atoms with van der Waals surface area (Å²) < 4.78 is 10.8. The van der Waals surface area contributed by atoms with E-state index in [4.69, 9.17) is 9.47 Å². The summed E-state index contributed by atoms with van der Waals surface area (Å²) in [7, 11) is 1.64. The van der Waals surface area contributed by atoms with Gasteiger partial charge in [0, 0.05) is 19.2 Å². The Hall–Kier alpha value is -2.37. The number of hydrogen-bond acceptors (Lipinski definition) is 4. The Labute approximate surface area is 154 Å². The molecule has 1 aliphatic heterocycles. The molecule has 2 aromatic carbocycles. The summed E-state index contributed by atoms with van der Waals surface area (Å²) in [5, 5.41) is 10.8. The van der Waals surface area contributed by atoms with E-state index in [1.807, 2.05) is 43.3 Å². The van der Waals surface area contributed by atoms with E-state index in [1.165, 1.54) is 0 Å². The zero-order valence-electron chi connectivity index (χ0n) is 15.3. The van der Waals surface area contributed by atoms with E-state index >= 15 is 0 Å². The fourth-order valence-corrected chi connectivity index (χ4v) is 3.16. The Morgan fingerprint density at radius 2 is 2.00 bits per heavy atom. The van der Waals surface area contributed by atoms with Crippen LogP contribution in [-0.2, 0) is 11.3 Å². The summed E-state index contributed by atoms with van der Waals surface area (Å²) in [6.07, 6.45) is 0.506. The highest BCUT2D eigenvalue weighted by atomic mass is 16.5. The van der Waals surface area contributed by atoms with Crippen molar-refractivity contribution in [2.24, 2.45) is 0 Å². The molecule has 5 heteroatoms. The van der Waals surface area contributed by atoms with Gasteiger partial charge in [0.05, 0.1) is 13.2 Å². The van der Waals surface area contributed by atoms with Crippen molar-refractivity contribution in [2.75, 3.05) is 26.8 Å². The lowest BCUT2D eigenvalue weighted by Crippen LogP contribution is -2.40. The lowest BCUT2D eigenvalue weighted by Gasteiger charge is -2.24. The highest BCUT2D eigenvalue weighted by molar-refractivity contribution is 5.94. The number of β-amino-alcohol motifs (C(OH)–C–C–N with tert-alkyl or cyclic N) is 1. The van der Waals surface area contributed by atoms with E-state index in [0.29, 0.717) is 25.1 Å². The number of carbonyl (C=O) groups is 1. The van der Waals surface area contributed by atoms with Crippen LogP contribution in [0.3, 0.4) is 0 Å². The number of hydrogen-bond donors (Lipinski definition) is 1. The minimum absolute atomic E-state index is 0.0690. The minimum atomic E-state index is -1.02. The predicted molar refractivity (Wildman–Crippen MR) is 99.3 cm³/mol. The molecule has 0 aromatic heterocycles. The van der Waals surface area contributed by atoms with Crippen molar-refractivity contribution in [3.8, 4) is 5.75 Å². The molecule has 0 saturated carbocycles. The molecule has 2 aromatic rings. The second-order valence-electron chi connectivity index (χ2n) is 6.94. The lowest BCUT2D eigenvalue weighted by atomic mass is 10.1. The van der Waals surface area contributed by atoms with Crippen LogP contribution in [0.1, 0.15) is 27.9 Å². The maximum absolute atomic E-state index is 12.7. The van der Waals surface area contributed by atoms with Crippen molar-refractivity contribution in [1.82, 2.24) is 4.90 Å². The van der Waals surface area contributed by atoms with Gasteiger partial charge < -0.3 is 19.5 Å². The summed E-state index contributed by atoms with van der Waals surface area (Å²) in [5.41, 5.74) is 1.73. The number of amides is 1. The first-order chi connectivity index (χ1) is 12.5. The van der Waals surface area contributed by atoms with Gasteiger partial charge >= 0.3 is 0 Å². The normalized spacial score (nSPS) is 19.6.